The summed E-state index contributed by atoms with van der Waals surface area (Å²) in [4.78, 5) is 9.61. The van der Waals surface area contributed by atoms with Crippen LogP contribution in [0.4, 0.5) is 10.1 Å². The minimum atomic E-state index is -0.869. The molecule has 1 rings (SSSR count). The van der Waals surface area contributed by atoms with Crippen molar-refractivity contribution in [3.8, 4) is 5.75 Å². The smallest absolute Gasteiger partial charge is 0.308 e. The predicted molar refractivity (Wildman–Crippen MR) is 52.2 cm³/mol. The molecule has 0 spiro atoms. The number of hydrogen-bond donors (Lipinski definition) is 1. The molecule has 0 aliphatic carbocycles. The summed E-state index contributed by atoms with van der Waals surface area (Å²) < 4.78 is 18.0. The summed E-state index contributed by atoms with van der Waals surface area (Å²) >= 11 is 0. The van der Waals surface area contributed by atoms with Crippen LogP contribution in [0.15, 0.2) is 18.2 Å². The third-order valence-electron chi connectivity index (χ3n) is 1.73. The zero-order chi connectivity index (χ0) is 11.3. The van der Waals surface area contributed by atoms with E-state index in [-0.39, 0.29) is 5.75 Å². The lowest BCUT2D eigenvalue weighted by Gasteiger charge is -2.04. The number of halogens is 1. The van der Waals surface area contributed by atoms with Crippen molar-refractivity contribution in [2.75, 3.05) is 13.2 Å². The van der Waals surface area contributed by atoms with Gasteiger partial charge in [-0.3, -0.25) is 10.1 Å². The number of hydrogen-bond acceptors (Lipinski definition) is 4. The number of rotatable bonds is 5. The Morgan fingerprint density at radius 1 is 1.53 bits per heavy atom. The van der Waals surface area contributed by atoms with Crippen LogP contribution >= 0.6 is 0 Å². The molecular formula is C9H11FN2O3. The first-order valence-electron chi connectivity index (χ1n) is 4.42. The Morgan fingerprint density at radius 3 is 2.87 bits per heavy atom. The second kappa shape index (κ2) is 5.26. The summed E-state index contributed by atoms with van der Waals surface area (Å²) in [6.07, 6.45) is 0.644. The van der Waals surface area contributed by atoms with Gasteiger partial charge in [0.25, 0.3) is 0 Å². The third kappa shape index (κ3) is 3.17. The summed E-state index contributed by atoms with van der Waals surface area (Å²) in [6, 6.07) is 3.42. The van der Waals surface area contributed by atoms with E-state index in [4.69, 9.17) is 10.5 Å². The monoisotopic (exact) mass is 214 g/mol. The Labute approximate surface area is 85.8 Å². The molecule has 5 nitrogen and oxygen atoms in total. The Balaban J connectivity index is 2.74. The Kier molecular flexibility index (Phi) is 3.99. The molecule has 15 heavy (non-hydrogen) atoms. The van der Waals surface area contributed by atoms with Gasteiger partial charge in [0.05, 0.1) is 17.6 Å². The van der Waals surface area contributed by atoms with Gasteiger partial charge in [0, 0.05) is 0 Å². The molecule has 0 aliphatic rings. The van der Waals surface area contributed by atoms with E-state index in [0.29, 0.717) is 19.6 Å². The quantitative estimate of drug-likeness (QED) is 0.457. The van der Waals surface area contributed by atoms with Crippen LogP contribution in [0.2, 0.25) is 0 Å². The summed E-state index contributed by atoms with van der Waals surface area (Å²) in [6.45, 7) is 0.836. The van der Waals surface area contributed by atoms with Crippen molar-refractivity contribution in [3.05, 3.63) is 34.1 Å². The molecule has 2 N–H and O–H groups in total. The molecular weight excluding hydrogens is 203 g/mol. The molecule has 0 saturated carbocycles. The van der Waals surface area contributed by atoms with Gasteiger partial charge in [0.2, 0.25) is 5.82 Å². The fourth-order valence-corrected chi connectivity index (χ4v) is 0.996. The normalized spacial score (nSPS) is 10.0. The van der Waals surface area contributed by atoms with Crippen LogP contribution in [-0.2, 0) is 0 Å². The Bertz CT molecular complexity index is 357. The first kappa shape index (κ1) is 11.4. The lowest BCUT2D eigenvalue weighted by Crippen LogP contribution is -2.06. The number of nitro groups is 1. The molecule has 1 aromatic carbocycles. The largest absolute Gasteiger partial charge is 0.493 e. The summed E-state index contributed by atoms with van der Waals surface area (Å²) in [7, 11) is 0. The molecule has 0 amide bonds. The van der Waals surface area contributed by atoms with Crippen LogP contribution in [0.25, 0.3) is 0 Å². The van der Waals surface area contributed by atoms with Gasteiger partial charge in [-0.1, -0.05) is 0 Å². The van der Waals surface area contributed by atoms with Crippen molar-refractivity contribution < 1.29 is 14.1 Å². The molecule has 0 atom stereocenters. The zero-order valence-corrected chi connectivity index (χ0v) is 7.98. The van der Waals surface area contributed by atoms with Crippen LogP contribution in [0, 0.1) is 15.9 Å². The van der Waals surface area contributed by atoms with Gasteiger partial charge in [-0.05, 0) is 25.1 Å². The highest BCUT2D eigenvalue weighted by Crippen LogP contribution is 2.23. The van der Waals surface area contributed by atoms with E-state index in [1.807, 2.05) is 0 Å². The number of benzene rings is 1. The molecule has 0 radical (unpaired) electrons. The van der Waals surface area contributed by atoms with Gasteiger partial charge in [0.1, 0.15) is 5.75 Å². The lowest BCUT2D eigenvalue weighted by atomic mass is 10.3. The van der Waals surface area contributed by atoms with Crippen molar-refractivity contribution in [1.82, 2.24) is 0 Å². The fourth-order valence-electron chi connectivity index (χ4n) is 0.996. The molecule has 0 fully saturated rings. The van der Waals surface area contributed by atoms with Gasteiger partial charge in [-0.25, -0.2) is 0 Å². The average molecular weight is 214 g/mol. The molecule has 6 heteroatoms. The second-order valence-corrected chi connectivity index (χ2v) is 2.86. The molecule has 0 bridgehead atoms. The second-order valence-electron chi connectivity index (χ2n) is 2.86. The van der Waals surface area contributed by atoms with Crippen LogP contribution < -0.4 is 10.5 Å². The number of nitro benzene ring substituents is 1. The van der Waals surface area contributed by atoms with Crippen molar-refractivity contribution >= 4 is 5.69 Å². The van der Waals surface area contributed by atoms with E-state index in [1.54, 1.807) is 0 Å². The van der Waals surface area contributed by atoms with Crippen LogP contribution in [0.1, 0.15) is 6.42 Å². The molecule has 82 valence electrons. The van der Waals surface area contributed by atoms with E-state index in [1.165, 1.54) is 6.07 Å². The maximum Gasteiger partial charge on any atom is 0.308 e. The SMILES string of the molecule is NCCCOc1ccc(F)c([N+](=O)[O-])c1. The maximum absolute atomic E-state index is 12.9. The molecule has 0 heterocycles. The minimum absolute atomic E-state index is 0.275. The maximum atomic E-state index is 12.9. The highest BCUT2D eigenvalue weighted by molar-refractivity contribution is 5.39. The van der Waals surface area contributed by atoms with Crippen LogP contribution in [0.3, 0.4) is 0 Å². The number of ether oxygens (including phenoxy) is 1. The summed E-state index contributed by atoms with van der Waals surface area (Å²) in [5.41, 5.74) is 4.66. The standard InChI is InChI=1S/C9H11FN2O3/c10-8-3-2-7(15-5-1-4-11)6-9(8)12(13)14/h2-3,6H,1,4-5,11H2. The topological polar surface area (TPSA) is 78.4 Å². The molecule has 0 aromatic heterocycles. The van der Waals surface area contributed by atoms with Gasteiger partial charge >= 0.3 is 5.69 Å². The molecule has 0 aliphatic heterocycles. The minimum Gasteiger partial charge on any atom is -0.493 e. The highest BCUT2D eigenvalue weighted by Gasteiger charge is 2.14. The van der Waals surface area contributed by atoms with Crippen molar-refractivity contribution in [2.24, 2.45) is 5.73 Å². The predicted octanol–water partition coefficient (Wildman–Crippen LogP) is 1.46. The van der Waals surface area contributed by atoms with Crippen molar-refractivity contribution in [2.45, 2.75) is 6.42 Å². The molecule has 0 saturated heterocycles. The number of nitrogens with zero attached hydrogens (tertiary/aromatic N) is 1. The van der Waals surface area contributed by atoms with Gasteiger partial charge in [-0.15, -0.1) is 0 Å². The van der Waals surface area contributed by atoms with E-state index >= 15 is 0 Å². The number of nitrogens with two attached hydrogens (primary N) is 1. The van der Waals surface area contributed by atoms with Gasteiger partial charge in [-0.2, -0.15) is 4.39 Å². The molecule has 0 unspecified atom stereocenters. The highest BCUT2D eigenvalue weighted by atomic mass is 19.1. The van der Waals surface area contributed by atoms with Crippen LogP contribution in [0.5, 0.6) is 5.75 Å². The first-order chi connectivity index (χ1) is 7.15. The van der Waals surface area contributed by atoms with Crippen LogP contribution in [-0.4, -0.2) is 18.1 Å². The lowest BCUT2D eigenvalue weighted by molar-refractivity contribution is -0.387. The summed E-state index contributed by atoms with van der Waals surface area (Å²) in [5.74, 6) is -0.595. The fraction of sp³-hybridized carbons (Fsp3) is 0.333. The van der Waals surface area contributed by atoms with E-state index in [2.05, 4.69) is 0 Å². The summed E-state index contributed by atoms with van der Waals surface area (Å²) in [5, 5.41) is 10.4. The van der Waals surface area contributed by atoms with Crippen molar-refractivity contribution in [1.29, 1.82) is 0 Å². The van der Waals surface area contributed by atoms with Crippen molar-refractivity contribution in [3.63, 3.8) is 0 Å². The van der Waals surface area contributed by atoms with E-state index in [0.717, 1.165) is 12.1 Å². The van der Waals surface area contributed by atoms with E-state index in [9.17, 15) is 14.5 Å². The zero-order valence-electron chi connectivity index (χ0n) is 7.98. The van der Waals surface area contributed by atoms with Gasteiger partial charge in [0.15, 0.2) is 0 Å². The first-order valence-corrected chi connectivity index (χ1v) is 4.42. The van der Waals surface area contributed by atoms with E-state index < -0.39 is 16.4 Å². The third-order valence-corrected chi connectivity index (χ3v) is 1.73. The molecule has 1 aromatic rings. The van der Waals surface area contributed by atoms with Gasteiger partial charge < -0.3 is 10.5 Å². The Hall–Kier alpha value is -1.69. The average Bonchev–Trinajstić information content (AvgIpc) is 2.20. The Morgan fingerprint density at radius 2 is 2.27 bits per heavy atom.